The normalized spacial score (nSPS) is 21.8. The maximum absolute atomic E-state index is 12.9. The van der Waals surface area contributed by atoms with Crippen molar-refractivity contribution in [1.82, 2.24) is 4.31 Å². The standard InChI is InChI=1S/C17H16N2O6S/c1-11-3-9-14(10-4-11)26(23,24)18-15(16(18)17(20)25-2)12-5-7-13(8-6-12)19(21)22/h3-10,15-16H,1-2H3/t15-,16+,18?/m1/s1. The van der Waals surface area contributed by atoms with E-state index in [2.05, 4.69) is 0 Å². The first-order valence-electron chi connectivity index (χ1n) is 7.70. The molecule has 1 aliphatic heterocycles. The van der Waals surface area contributed by atoms with Gasteiger partial charge in [0.2, 0.25) is 10.0 Å². The monoisotopic (exact) mass is 376 g/mol. The Kier molecular flexibility index (Phi) is 4.51. The molecular weight excluding hydrogens is 360 g/mol. The number of benzene rings is 2. The fourth-order valence-electron chi connectivity index (χ4n) is 2.82. The summed E-state index contributed by atoms with van der Waals surface area (Å²) in [7, 11) is -2.73. The number of rotatable bonds is 5. The van der Waals surface area contributed by atoms with Gasteiger partial charge in [0.25, 0.3) is 5.69 Å². The number of nitro groups is 1. The molecule has 136 valence electrons. The minimum Gasteiger partial charge on any atom is -0.468 e. The Hall–Kier alpha value is -2.78. The maximum atomic E-state index is 12.9. The van der Waals surface area contributed by atoms with Crippen molar-refractivity contribution in [3.8, 4) is 0 Å². The zero-order chi connectivity index (χ0) is 19.1. The molecule has 0 spiro atoms. The number of methoxy groups -OCH3 is 1. The third kappa shape index (κ3) is 3.06. The molecule has 8 nitrogen and oxygen atoms in total. The highest BCUT2D eigenvalue weighted by molar-refractivity contribution is 7.89. The van der Waals surface area contributed by atoms with Gasteiger partial charge in [-0.25, -0.2) is 8.42 Å². The van der Waals surface area contributed by atoms with Gasteiger partial charge in [0.1, 0.15) is 6.04 Å². The average Bonchev–Trinajstić information content (AvgIpc) is 3.38. The number of esters is 1. The van der Waals surface area contributed by atoms with Gasteiger partial charge < -0.3 is 4.74 Å². The molecule has 1 fully saturated rings. The molecule has 3 atom stereocenters. The first-order chi connectivity index (χ1) is 12.3. The van der Waals surface area contributed by atoms with E-state index in [1.54, 1.807) is 12.1 Å². The second-order valence-corrected chi connectivity index (χ2v) is 7.75. The van der Waals surface area contributed by atoms with Gasteiger partial charge in [0.15, 0.2) is 0 Å². The first-order valence-corrected chi connectivity index (χ1v) is 9.14. The fraction of sp³-hybridized carbons (Fsp3) is 0.235. The van der Waals surface area contributed by atoms with Gasteiger partial charge in [-0.15, -0.1) is 0 Å². The Morgan fingerprint density at radius 2 is 1.69 bits per heavy atom. The summed E-state index contributed by atoms with van der Waals surface area (Å²) < 4.78 is 31.6. The third-order valence-electron chi connectivity index (χ3n) is 4.24. The van der Waals surface area contributed by atoms with E-state index in [9.17, 15) is 23.3 Å². The topological polar surface area (TPSA) is 107 Å². The zero-order valence-corrected chi connectivity index (χ0v) is 14.8. The van der Waals surface area contributed by atoms with E-state index in [0.29, 0.717) is 5.56 Å². The Bertz CT molecular complexity index is 954. The fourth-order valence-corrected chi connectivity index (χ4v) is 4.52. The van der Waals surface area contributed by atoms with Crippen LogP contribution in [0.3, 0.4) is 0 Å². The number of hydrogen-bond acceptors (Lipinski definition) is 6. The van der Waals surface area contributed by atoms with Gasteiger partial charge in [0, 0.05) is 12.1 Å². The Morgan fingerprint density at radius 1 is 1.12 bits per heavy atom. The van der Waals surface area contributed by atoms with E-state index in [1.807, 2.05) is 6.92 Å². The van der Waals surface area contributed by atoms with Crippen LogP contribution in [0.25, 0.3) is 0 Å². The number of hydrogen-bond donors (Lipinski definition) is 0. The van der Waals surface area contributed by atoms with Crippen LogP contribution in [0, 0.1) is 17.0 Å². The van der Waals surface area contributed by atoms with Crippen molar-refractivity contribution in [3.05, 3.63) is 69.8 Å². The lowest BCUT2D eigenvalue weighted by Gasteiger charge is -2.07. The molecule has 0 aliphatic carbocycles. The summed E-state index contributed by atoms with van der Waals surface area (Å²) in [5.74, 6) is -0.677. The van der Waals surface area contributed by atoms with E-state index in [0.717, 1.165) is 9.87 Å². The second kappa shape index (κ2) is 6.50. The van der Waals surface area contributed by atoms with E-state index in [-0.39, 0.29) is 10.6 Å². The van der Waals surface area contributed by atoms with E-state index >= 15 is 0 Å². The highest BCUT2D eigenvalue weighted by atomic mass is 32.2. The summed E-state index contributed by atoms with van der Waals surface area (Å²) in [6, 6.07) is 10.00. The van der Waals surface area contributed by atoms with Crippen LogP contribution < -0.4 is 0 Å². The molecule has 1 aliphatic rings. The number of ether oxygens (including phenoxy) is 1. The van der Waals surface area contributed by atoms with Crippen molar-refractivity contribution in [2.75, 3.05) is 7.11 Å². The number of sulfonamides is 1. The number of nitrogens with zero attached hydrogens (tertiary/aromatic N) is 2. The van der Waals surface area contributed by atoms with Gasteiger partial charge in [-0.2, -0.15) is 4.31 Å². The molecule has 26 heavy (non-hydrogen) atoms. The van der Waals surface area contributed by atoms with E-state index in [1.165, 1.54) is 43.5 Å². The van der Waals surface area contributed by atoms with E-state index < -0.39 is 33.0 Å². The molecule has 0 aromatic heterocycles. The van der Waals surface area contributed by atoms with Crippen LogP contribution in [-0.2, 0) is 19.6 Å². The lowest BCUT2D eigenvalue weighted by Crippen LogP contribution is -2.20. The number of nitro benzene ring substituents is 1. The summed E-state index contributed by atoms with van der Waals surface area (Å²) in [5, 5.41) is 10.8. The number of carbonyl (C=O) groups excluding carboxylic acids is 1. The number of non-ortho nitro benzene ring substituents is 1. The Morgan fingerprint density at radius 3 is 2.19 bits per heavy atom. The van der Waals surface area contributed by atoms with Gasteiger partial charge in [-0.05, 0) is 24.6 Å². The van der Waals surface area contributed by atoms with Crippen molar-refractivity contribution in [2.45, 2.75) is 23.9 Å². The summed E-state index contributed by atoms with van der Waals surface area (Å²) in [4.78, 5) is 22.3. The van der Waals surface area contributed by atoms with Crippen LogP contribution in [0.4, 0.5) is 5.69 Å². The number of aryl methyl sites for hydroxylation is 1. The predicted octanol–water partition coefficient (Wildman–Crippen LogP) is 2.19. The molecule has 0 radical (unpaired) electrons. The molecule has 2 aromatic carbocycles. The van der Waals surface area contributed by atoms with E-state index in [4.69, 9.17) is 4.74 Å². The molecule has 0 bridgehead atoms. The molecular formula is C17H16N2O6S. The molecule has 1 saturated heterocycles. The van der Waals surface area contributed by atoms with Crippen molar-refractivity contribution >= 4 is 21.7 Å². The molecule has 1 unspecified atom stereocenters. The maximum Gasteiger partial charge on any atom is 0.326 e. The van der Waals surface area contributed by atoms with Gasteiger partial charge in [-0.1, -0.05) is 29.8 Å². The molecule has 0 N–H and O–H groups in total. The van der Waals surface area contributed by atoms with Crippen LogP contribution in [0.15, 0.2) is 53.4 Å². The van der Waals surface area contributed by atoms with Crippen molar-refractivity contribution in [1.29, 1.82) is 0 Å². The summed E-state index contributed by atoms with van der Waals surface area (Å²) in [5.41, 5.74) is 1.28. The SMILES string of the molecule is COC(=O)[C@@H]1[C@@H](c2ccc([N+](=O)[O-])cc2)N1S(=O)(=O)c1ccc(C)cc1. The minimum atomic E-state index is -3.91. The highest BCUT2D eigenvalue weighted by Gasteiger charge is 2.61. The summed E-state index contributed by atoms with van der Waals surface area (Å²) in [6.45, 7) is 1.84. The van der Waals surface area contributed by atoms with Gasteiger partial charge >= 0.3 is 5.97 Å². The van der Waals surface area contributed by atoms with Crippen molar-refractivity contribution in [3.63, 3.8) is 0 Å². The van der Waals surface area contributed by atoms with Gasteiger partial charge in [0.05, 0.1) is 23.0 Å². The molecule has 2 aromatic rings. The van der Waals surface area contributed by atoms with Crippen LogP contribution in [0.5, 0.6) is 0 Å². The van der Waals surface area contributed by atoms with Crippen LogP contribution in [0.1, 0.15) is 17.2 Å². The van der Waals surface area contributed by atoms with Crippen LogP contribution >= 0.6 is 0 Å². The summed E-state index contributed by atoms with van der Waals surface area (Å²) >= 11 is 0. The van der Waals surface area contributed by atoms with Crippen molar-refractivity contribution < 1.29 is 22.9 Å². The zero-order valence-electron chi connectivity index (χ0n) is 14.0. The molecule has 3 rings (SSSR count). The Labute approximate surface area is 150 Å². The summed E-state index contributed by atoms with van der Waals surface area (Å²) in [6.07, 6.45) is 0. The molecule has 0 amide bonds. The van der Waals surface area contributed by atoms with Crippen LogP contribution in [-0.4, -0.2) is 36.8 Å². The molecule has 0 saturated carbocycles. The molecule has 1 heterocycles. The largest absolute Gasteiger partial charge is 0.468 e. The molecule has 9 heteroatoms. The smallest absolute Gasteiger partial charge is 0.326 e. The lowest BCUT2D eigenvalue weighted by molar-refractivity contribution is -0.384. The lowest BCUT2D eigenvalue weighted by atomic mass is 10.1. The minimum absolute atomic E-state index is 0.0708. The number of carbonyl (C=O) groups is 1. The third-order valence-corrected chi connectivity index (χ3v) is 6.12. The van der Waals surface area contributed by atoms with Crippen molar-refractivity contribution in [2.24, 2.45) is 0 Å². The second-order valence-electron chi connectivity index (χ2n) is 5.91. The average molecular weight is 376 g/mol. The quantitative estimate of drug-likeness (QED) is 0.343. The predicted molar refractivity (Wildman–Crippen MR) is 91.8 cm³/mol. The highest BCUT2D eigenvalue weighted by Crippen LogP contribution is 2.48. The Balaban J connectivity index is 1.97. The van der Waals surface area contributed by atoms with Gasteiger partial charge in [-0.3, -0.25) is 14.9 Å². The van der Waals surface area contributed by atoms with Crippen LogP contribution in [0.2, 0.25) is 0 Å². The first kappa shape index (κ1) is 18.0.